The summed E-state index contributed by atoms with van der Waals surface area (Å²) in [5.41, 5.74) is 0.150. The lowest BCUT2D eigenvalue weighted by Crippen LogP contribution is -2.24. The Hall–Kier alpha value is -1.82. The van der Waals surface area contributed by atoms with Crippen molar-refractivity contribution in [3.63, 3.8) is 0 Å². The molecule has 0 unspecified atom stereocenters. The molecule has 0 amide bonds. The minimum atomic E-state index is -0.581. The molecule has 0 aromatic rings. The van der Waals surface area contributed by atoms with Crippen LogP contribution in [0.4, 0.5) is 0 Å². The predicted octanol–water partition coefficient (Wildman–Crippen LogP) is -0.646. The van der Waals surface area contributed by atoms with E-state index in [1.165, 1.54) is 26.4 Å². The van der Waals surface area contributed by atoms with Gasteiger partial charge in [0.05, 0.1) is 20.8 Å². The summed E-state index contributed by atoms with van der Waals surface area (Å²) in [6, 6.07) is 0. The molecule has 0 radical (unpaired) electrons. The molecule has 90 valence electrons. The fraction of sp³-hybridized carbons (Fsp3) is 0.400. The van der Waals surface area contributed by atoms with E-state index in [0.29, 0.717) is 0 Å². The lowest BCUT2D eigenvalue weighted by Gasteiger charge is -2.06. The summed E-state index contributed by atoms with van der Waals surface area (Å²) in [7, 11) is 2.49. The van der Waals surface area contributed by atoms with Crippen molar-refractivity contribution in [1.29, 1.82) is 0 Å². The normalized spacial score (nSPS) is 11.3. The predicted molar refractivity (Wildman–Crippen MR) is 56.3 cm³/mol. The first-order valence-electron chi connectivity index (χ1n) is 4.55. The zero-order valence-corrected chi connectivity index (χ0v) is 9.23. The van der Waals surface area contributed by atoms with E-state index >= 15 is 0 Å². The summed E-state index contributed by atoms with van der Waals surface area (Å²) in [5, 5.41) is 11.2. The van der Waals surface area contributed by atoms with Gasteiger partial charge in [0.2, 0.25) is 0 Å². The van der Waals surface area contributed by atoms with E-state index in [1.54, 1.807) is 0 Å². The average Bonchev–Trinajstić information content (AvgIpc) is 2.32. The summed E-state index contributed by atoms with van der Waals surface area (Å²) in [6.45, 7) is 0.0993. The van der Waals surface area contributed by atoms with Gasteiger partial charge in [-0.3, -0.25) is 0 Å². The molecule has 0 bridgehead atoms. The molecule has 0 saturated heterocycles. The summed E-state index contributed by atoms with van der Waals surface area (Å²) < 4.78 is 8.86. The molecule has 0 fully saturated rings. The number of allylic oxidation sites excluding steroid dienone is 2. The molecular weight excluding hydrogens is 214 g/mol. The fourth-order valence-electron chi connectivity index (χ4n) is 0.791. The third-order valence-electron chi connectivity index (χ3n) is 1.53. The van der Waals surface area contributed by atoms with Crippen LogP contribution in [-0.4, -0.2) is 44.4 Å². The Bertz CT molecular complexity index is 296. The van der Waals surface area contributed by atoms with Crippen molar-refractivity contribution in [3.05, 3.63) is 23.9 Å². The summed E-state index contributed by atoms with van der Waals surface area (Å²) >= 11 is 0. The van der Waals surface area contributed by atoms with E-state index < -0.39 is 11.9 Å². The maximum atomic E-state index is 11.2. The third-order valence-corrected chi connectivity index (χ3v) is 1.53. The van der Waals surface area contributed by atoms with E-state index in [2.05, 4.69) is 14.8 Å². The topological polar surface area (TPSA) is 84.9 Å². The smallest absolute Gasteiger partial charge is 0.354 e. The number of rotatable bonds is 6. The Balaban J connectivity index is 4.49. The third kappa shape index (κ3) is 5.82. The van der Waals surface area contributed by atoms with Crippen molar-refractivity contribution in [2.75, 3.05) is 27.4 Å². The van der Waals surface area contributed by atoms with Gasteiger partial charge >= 0.3 is 11.9 Å². The number of aliphatic hydroxyl groups is 1. The van der Waals surface area contributed by atoms with Crippen LogP contribution in [0.2, 0.25) is 0 Å². The molecular formula is C10H15NO5. The van der Waals surface area contributed by atoms with Crippen molar-refractivity contribution in [2.45, 2.75) is 0 Å². The molecule has 0 spiro atoms. The molecule has 6 nitrogen and oxygen atoms in total. The lowest BCUT2D eigenvalue weighted by atomic mass is 10.3. The van der Waals surface area contributed by atoms with Gasteiger partial charge in [-0.2, -0.15) is 0 Å². The minimum absolute atomic E-state index is 0.116. The van der Waals surface area contributed by atoms with E-state index in [1.807, 2.05) is 0 Å². The quantitative estimate of drug-likeness (QED) is 0.358. The molecule has 0 aromatic carbocycles. The van der Waals surface area contributed by atoms with Gasteiger partial charge in [-0.1, -0.05) is 6.08 Å². The Kier molecular flexibility index (Phi) is 7.52. The molecule has 0 aliphatic carbocycles. The number of carbonyl (C=O) groups excluding carboxylic acids is 2. The van der Waals surface area contributed by atoms with Crippen LogP contribution in [0.3, 0.4) is 0 Å². The van der Waals surface area contributed by atoms with Crippen LogP contribution in [0, 0.1) is 0 Å². The van der Waals surface area contributed by atoms with Gasteiger partial charge < -0.3 is 19.9 Å². The summed E-state index contributed by atoms with van der Waals surface area (Å²) in [4.78, 5) is 21.9. The van der Waals surface area contributed by atoms with Crippen LogP contribution >= 0.6 is 0 Å². The maximum Gasteiger partial charge on any atom is 0.354 e. The highest BCUT2D eigenvalue weighted by molar-refractivity contribution is 5.88. The first-order chi connectivity index (χ1) is 7.65. The Morgan fingerprint density at radius 3 is 2.50 bits per heavy atom. The van der Waals surface area contributed by atoms with Gasteiger partial charge in [-0.25, -0.2) is 9.59 Å². The lowest BCUT2D eigenvalue weighted by molar-refractivity contribution is -0.137. The number of aliphatic hydroxyl groups excluding tert-OH is 1. The van der Waals surface area contributed by atoms with Gasteiger partial charge in [0.1, 0.15) is 5.70 Å². The Labute approximate surface area is 93.5 Å². The van der Waals surface area contributed by atoms with Crippen LogP contribution in [-0.2, 0) is 19.1 Å². The van der Waals surface area contributed by atoms with E-state index in [9.17, 15) is 9.59 Å². The SMILES string of the molecule is COC(=O)/C=C/C=C(/NCCO)C(=O)OC. The Morgan fingerprint density at radius 1 is 1.31 bits per heavy atom. The largest absolute Gasteiger partial charge is 0.466 e. The van der Waals surface area contributed by atoms with Crippen LogP contribution in [0.1, 0.15) is 0 Å². The molecule has 0 heterocycles. The van der Waals surface area contributed by atoms with Gasteiger partial charge in [0.15, 0.2) is 0 Å². The zero-order chi connectivity index (χ0) is 12.4. The number of hydrogen-bond acceptors (Lipinski definition) is 6. The average molecular weight is 229 g/mol. The molecule has 0 aromatic heterocycles. The molecule has 6 heteroatoms. The standard InChI is InChI=1S/C10H15NO5/c1-15-9(13)5-3-4-8(10(14)16-2)11-6-7-12/h3-5,11-12H,6-7H2,1-2H3/b5-3+,8-4+. The molecule has 0 rings (SSSR count). The summed E-state index contributed by atoms with van der Waals surface area (Å²) in [5.74, 6) is -1.11. The number of esters is 2. The van der Waals surface area contributed by atoms with Gasteiger partial charge in [-0.05, 0) is 6.08 Å². The number of hydrogen-bond donors (Lipinski definition) is 2. The van der Waals surface area contributed by atoms with Crippen molar-refractivity contribution < 1.29 is 24.2 Å². The second-order valence-electron chi connectivity index (χ2n) is 2.60. The molecule has 0 atom stereocenters. The van der Waals surface area contributed by atoms with E-state index in [0.717, 1.165) is 6.08 Å². The molecule has 0 saturated carbocycles. The molecule has 2 N–H and O–H groups in total. The number of nitrogens with one attached hydrogen (secondary N) is 1. The van der Waals surface area contributed by atoms with Gasteiger partial charge in [-0.15, -0.1) is 0 Å². The van der Waals surface area contributed by atoms with Crippen LogP contribution in [0.25, 0.3) is 0 Å². The number of methoxy groups -OCH3 is 2. The number of ether oxygens (including phenoxy) is 2. The minimum Gasteiger partial charge on any atom is -0.466 e. The highest BCUT2D eigenvalue weighted by atomic mass is 16.5. The molecule has 16 heavy (non-hydrogen) atoms. The summed E-state index contributed by atoms with van der Waals surface area (Å²) in [6.07, 6.45) is 3.87. The van der Waals surface area contributed by atoms with E-state index in [-0.39, 0.29) is 18.8 Å². The first-order valence-corrected chi connectivity index (χ1v) is 4.55. The first kappa shape index (κ1) is 14.2. The van der Waals surface area contributed by atoms with E-state index in [4.69, 9.17) is 5.11 Å². The molecule has 0 aliphatic rings. The van der Waals surface area contributed by atoms with Gasteiger partial charge in [0, 0.05) is 12.6 Å². The zero-order valence-electron chi connectivity index (χ0n) is 9.23. The highest BCUT2D eigenvalue weighted by Gasteiger charge is 2.06. The fourth-order valence-corrected chi connectivity index (χ4v) is 0.791. The van der Waals surface area contributed by atoms with Crippen molar-refractivity contribution in [1.82, 2.24) is 5.32 Å². The maximum absolute atomic E-state index is 11.2. The monoisotopic (exact) mass is 229 g/mol. The van der Waals surface area contributed by atoms with Gasteiger partial charge in [0.25, 0.3) is 0 Å². The van der Waals surface area contributed by atoms with Crippen LogP contribution in [0.15, 0.2) is 23.9 Å². The van der Waals surface area contributed by atoms with Crippen molar-refractivity contribution in [3.8, 4) is 0 Å². The van der Waals surface area contributed by atoms with Crippen LogP contribution in [0.5, 0.6) is 0 Å². The second kappa shape index (κ2) is 8.49. The van der Waals surface area contributed by atoms with Crippen molar-refractivity contribution in [2.24, 2.45) is 0 Å². The Morgan fingerprint density at radius 2 is 2.00 bits per heavy atom. The van der Waals surface area contributed by atoms with Crippen molar-refractivity contribution >= 4 is 11.9 Å². The molecule has 0 aliphatic heterocycles. The number of carbonyl (C=O) groups is 2. The highest BCUT2D eigenvalue weighted by Crippen LogP contribution is 1.94. The van der Waals surface area contributed by atoms with Crippen LogP contribution < -0.4 is 5.32 Å². The second-order valence-corrected chi connectivity index (χ2v) is 2.60.